The van der Waals surface area contributed by atoms with Crippen molar-refractivity contribution in [2.75, 3.05) is 0 Å². The van der Waals surface area contributed by atoms with Gasteiger partial charge in [-0.15, -0.1) is 0 Å². The summed E-state index contributed by atoms with van der Waals surface area (Å²) in [5.74, 6) is 0.303. The fourth-order valence-corrected chi connectivity index (χ4v) is 1.17. The van der Waals surface area contributed by atoms with E-state index in [-0.39, 0.29) is 6.04 Å². The van der Waals surface area contributed by atoms with E-state index in [1.165, 1.54) is 0 Å². The number of carbonyl (C=O) groups is 1. The second-order valence-electron chi connectivity index (χ2n) is 2.80. The van der Waals surface area contributed by atoms with Crippen molar-refractivity contribution in [3.63, 3.8) is 0 Å². The van der Waals surface area contributed by atoms with Gasteiger partial charge in [-0.1, -0.05) is 6.92 Å². The van der Waals surface area contributed by atoms with Crippen LogP contribution in [0.3, 0.4) is 0 Å². The normalized spacial score (nSPS) is 32.6. The van der Waals surface area contributed by atoms with E-state index in [1.54, 1.807) is 0 Å². The Balaban J connectivity index is 2.37. The van der Waals surface area contributed by atoms with Crippen molar-refractivity contribution < 1.29 is 4.79 Å². The monoisotopic (exact) mass is 142 g/mol. The van der Waals surface area contributed by atoms with E-state index in [2.05, 4.69) is 17.8 Å². The van der Waals surface area contributed by atoms with Crippen LogP contribution in [0.2, 0.25) is 0 Å². The SMILES string of the molecule is CCC(=O)C1CC(C)NN1. The molecular formula is C7H14N2O. The third-order valence-electron chi connectivity index (χ3n) is 1.83. The number of rotatable bonds is 2. The molecule has 0 bridgehead atoms. The lowest BCUT2D eigenvalue weighted by atomic mass is 10.1. The fourth-order valence-electron chi connectivity index (χ4n) is 1.17. The number of nitrogens with one attached hydrogen (secondary N) is 2. The maximum atomic E-state index is 11.1. The summed E-state index contributed by atoms with van der Waals surface area (Å²) in [5.41, 5.74) is 5.97. The van der Waals surface area contributed by atoms with Gasteiger partial charge < -0.3 is 0 Å². The molecule has 58 valence electrons. The highest BCUT2D eigenvalue weighted by molar-refractivity contribution is 5.83. The van der Waals surface area contributed by atoms with E-state index in [4.69, 9.17) is 0 Å². The van der Waals surface area contributed by atoms with Gasteiger partial charge in [0.05, 0.1) is 6.04 Å². The van der Waals surface area contributed by atoms with E-state index < -0.39 is 0 Å². The van der Waals surface area contributed by atoms with Crippen molar-refractivity contribution in [1.29, 1.82) is 0 Å². The zero-order valence-corrected chi connectivity index (χ0v) is 6.48. The minimum absolute atomic E-state index is 0.0556. The molecule has 0 aromatic rings. The Labute approximate surface area is 61.2 Å². The first-order chi connectivity index (χ1) is 4.74. The summed E-state index contributed by atoms with van der Waals surface area (Å²) in [6.07, 6.45) is 1.55. The van der Waals surface area contributed by atoms with Gasteiger partial charge in [0.25, 0.3) is 0 Å². The van der Waals surface area contributed by atoms with Crippen LogP contribution < -0.4 is 10.9 Å². The van der Waals surface area contributed by atoms with Crippen LogP contribution in [0.4, 0.5) is 0 Å². The van der Waals surface area contributed by atoms with E-state index >= 15 is 0 Å². The van der Waals surface area contributed by atoms with E-state index in [9.17, 15) is 4.79 Å². The Morgan fingerprint density at radius 1 is 1.60 bits per heavy atom. The van der Waals surface area contributed by atoms with Crippen LogP contribution in [0.25, 0.3) is 0 Å². The lowest BCUT2D eigenvalue weighted by Gasteiger charge is -2.03. The van der Waals surface area contributed by atoms with Crippen molar-refractivity contribution in [3.8, 4) is 0 Å². The Morgan fingerprint density at radius 2 is 2.30 bits per heavy atom. The molecule has 1 aliphatic heterocycles. The molecule has 1 saturated heterocycles. The van der Waals surface area contributed by atoms with Crippen LogP contribution >= 0.6 is 0 Å². The second-order valence-corrected chi connectivity index (χ2v) is 2.80. The summed E-state index contributed by atoms with van der Waals surface area (Å²) >= 11 is 0. The van der Waals surface area contributed by atoms with Crippen LogP contribution in [0.5, 0.6) is 0 Å². The molecule has 2 unspecified atom stereocenters. The zero-order chi connectivity index (χ0) is 7.56. The Hall–Kier alpha value is -0.410. The molecule has 1 heterocycles. The first-order valence-electron chi connectivity index (χ1n) is 3.77. The molecule has 3 heteroatoms. The molecule has 0 amide bonds. The van der Waals surface area contributed by atoms with Crippen molar-refractivity contribution in [2.24, 2.45) is 0 Å². The predicted octanol–water partition coefficient (Wildman–Crippen LogP) is 0.221. The molecule has 3 nitrogen and oxygen atoms in total. The van der Waals surface area contributed by atoms with E-state index in [0.717, 1.165) is 6.42 Å². The summed E-state index contributed by atoms with van der Waals surface area (Å²) in [5, 5.41) is 0. The van der Waals surface area contributed by atoms with Gasteiger partial charge in [-0.05, 0) is 13.3 Å². The lowest BCUT2D eigenvalue weighted by molar-refractivity contribution is -0.120. The number of hydrogen-bond acceptors (Lipinski definition) is 3. The van der Waals surface area contributed by atoms with E-state index in [1.807, 2.05) is 6.92 Å². The summed E-state index contributed by atoms with van der Waals surface area (Å²) in [6, 6.07) is 0.487. The molecule has 0 spiro atoms. The molecule has 0 radical (unpaired) electrons. The molecule has 0 saturated carbocycles. The minimum Gasteiger partial charge on any atom is -0.298 e. The number of ketones is 1. The molecule has 0 aromatic carbocycles. The third-order valence-corrected chi connectivity index (χ3v) is 1.83. The smallest absolute Gasteiger partial charge is 0.150 e. The molecule has 0 aliphatic carbocycles. The predicted molar refractivity (Wildman–Crippen MR) is 39.4 cm³/mol. The van der Waals surface area contributed by atoms with Crippen LogP contribution in [0.15, 0.2) is 0 Å². The van der Waals surface area contributed by atoms with Gasteiger partial charge in [0, 0.05) is 12.5 Å². The van der Waals surface area contributed by atoms with Gasteiger partial charge in [0.2, 0.25) is 0 Å². The first kappa shape index (κ1) is 7.69. The van der Waals surface area contributed by atoms with Crippen molar-refractivity contribution >= 4 is 5.78 Å². The summed E-state index contributed by atoms with van der Waals surface area (Å²) < 4.78 is 0. The van der Waals surface area contributed by atoms with Crippen molar-refractivity contribution in [3.05, 3.63) is 0 Å². The average molecular weight is 142 g/mol. The zero-order valence-electron chi connectivity index (χ0n) is 6.48. The van der Waals surface area contributed by atoms with Crippen LogP contribution in [0, 0.1) is 0 Å². The van der Waals surface area contributed by atoms with Crippen molar-refractivity contribution in [1.82, 2.24) is 10.9 Å². The molecule has 1 fully saturated rings. The van der Waals surface area contributed by atoms with Gasteiger partial charge in [0.15, 0.2) is 5.78 Å². The number of hydrogen-bond donors (Lipinski definition) is 2. The second kappa shape index (κ2) is 3.12. The molecule has 2 N–H and O–H groups in total. The van der Waals surface area contributed by atoms with Gasteiger partial charge in [-0.3, -0.25) is 10.2 Å². The standard InChI is InChI=1S/C7H14N2O/c1-3-7(10)6-4-5(2)8-9-6/h5-6,8-9H,3-4H2,1-2H3. The maximum Gasteiger partial charge on any atom is 0.150 e. The molecule has 1 aliphatic rings. The number of Topliss-reactive ketones (excluding diaryl/α,β-unsaturated/α-hetero) is 1. The Bertz CT molecular complexity index is 136. The maximum absolute atomic E-state index is 11.1. The van der Waals surface area contributed by atoms with Crippen LogP contribution in [-0.2, 0) is 4.79 Å². The fraction of sp³-hybridized carbons (Fsp3) is 0.857. The molecular weight excluding hydrogens is 128 g/mol. The van der Waals surface area contributed by atoms with Crippen LogP contribution in [-0.4, -0.2) is 17.9 Å². The van der Waals surface area contributed by atoms with Gasteiger partial charge in [-0.25, -0.2) is 5.43 Å². The topological polar surface area (TPSA) is 41.1 Å². The van der Waals surface area contributed by atoms with Crippen molar-refractivity contribution in [2.45, 2.75) is 38.8 Å². The molecule has 0 aromatic heterocycles. The molecule has 2 atom stereocenters. The highest BCUT2D eigenvalue weighted by Gasteiger charge is 2.24. The molecule has 10 heavy (non-hydrogen) atoms. The molecule has 1 rings (SSSR count). The van der Waals surface area contributed by atoms with E-state index in [0.29, 0.717) is 18.2 Å². The Kier molecular flexibility index (Phi) is 2.40. The largest absolute Gasteiger partial charge is 0.298 e. The summed E-state index contributed by atoms with van der Waals surface area (Å²) in [4.78, 5) is 11.1. The van der Waals surface area contributed by atoms with Gasteiger partial charge >= 0.3 is 0 Å². The number of hydrazine groups is 1. The Morgan fingerprint density at radius 3 is 2.70 bits per heavy atom. The first-order valence-corrected chi connectivity index (χ1v) is 3.77. The summed E-state index contributed by atoms with van der Waals surface area (Å²) in [7, 11) is 0. The lowest BCUT2D eigenvalue weighted by Crippen LogP contribution is -2.36. The highest BCUT2D eigenvalue weighted by atomic mass is 16.1. The quantitative estimate of drug-likeness (QED) is 0.579. The van der Waals surface area contributed by atoms with Gasteiger partial charge in [0.1, 0.15) is 0 Å². The number of carbonyl (C=O) groups excluding carboxylic acids is 1. The van der Waals surface area contributed by atoms with Crippen LogP contribution in [0.1, 0.15) is 26.7 Å². The average Bonchev–Trinajstić information content (AvgIpc) is 2.34. The minimum atomic E-state index is 0.0556. The summed E-state index contributed by atoms with van der Waals surface area (Å²) in [6.45, 7) is 3.96. The highest BCUT2D eigenvalue weighted by Crippen LogP contribution is 2.05. The van der Waals surface area contributed by atoms with Gasteiger partial charge in [-0.2, -0.15) is 0 Å². The third kappa shape index (κ3) is 1.55.